The normalized spacial score (nSPS) is 10.6. The number of nitrogens with zero attached hydrogens (tertiary/aromatic N) is 4. The molecule has 0 aliphatic heterocycles. The molecule has 3 heterocycles. The molecule has 4 aromatic rings. The third-order valence-corrected chi connectivity index (χ3v) is 3.79. The second-order valence-corrected chi connectivity index (χ2v) is 5.70. The number of aromatic nitrogens is 4. The number of amides is 1. The van der Waals surface area contributed by atoms with Crippen LogP contribution in [0.25, 0.3) is 23.0 Å². The number of benzene rings is 1. The number of aromatic hydroxyl groups is 2. The van der Waals surface area contributed by atoms with Crippen LogP contribution in [0.15, 0.2) is 65.4 Å². The zero-order valence-corrected chi connectivity index (χ0v) is 14.3. The van der Waals surface area contributed by atoms with E-state index >= 15 is 0 Å². The Balaban J connectivity index is 1.59. The third-order valence-electron chi connectivity index (χ3n) is 3.79. The first kappa shape index (κ1) is 17.2. The predicted octanol–water partition coefficient (Wildman–Crippen LogP) is 2.86. The van der Waals surface area contributed by atoms with Gasteiger partial charge in [-0.3, -0.25) is 4.79 Å². The highest BCUT2D eigenvalue weighted by Crippen LogP contribution is 2.27. The molecule has 0 unspecified atom stereocenters. The van der Waals surface area contributed by atoms with Gasteiger partial charge in [-0.15, -0.1) is 0 Å². The van der Waals surface area contributed by atoms with Crippen molar-refractivity contribution in [2.75, 3.05) is 5.32 Å². The molecule has 0 bridgehead atoms. The van der Waals surface area contributed by atoms with Crippen LogP contribution in [0.2, 0.25) is 0 Å². The summed E-state index contributed by atoms with van der Waals surface area (Å²) in [6.07, 6.45) is 2.92. The molecule has 3 N–H and O–H groups in total. The van der Waals surface area contributed by atoms with Crippen LogP contribution >= 0.6 is 0 Å². The average Bonchev–Trinajstić information content (AvgIpc) is 3.19. The molecule has 1 amide bonds. The molecule has 0 saturated carbocycles. The maximum Gasteiger partial charge on any atom is 0.278 e. The lowest BCUT2D eigenvalue weighted by atomic mass is 10.2. The zero-order valence-electron chi connectivity index (χ0n) is 14.3. The van der Waals surface area contributed by atoms with Crippen LogP contribution in [0.3, 0.4) is 0 Å². The minimum Gasteiger partial charge on any atom is -0.506 e. The van der Waals surface area contributed by atoms with Gasteiger partial charge in [0.15, 0.2) is 11.4 Å². The lowest BCUT2D eigenvalue weighted by Crippen LogP contribution is -2.13. The van der Waals surface area contributed by atoms with Crippen molar-refractivity contribution < 1.29 is 19.5 Å². The van der Waals surface area contributed by atoms with E-state index in [-0.39, 0.29) is 34.6 Å². The number of hydrogen-bond donors (Lipinski definition) is 3. The summed E-state index contributed by atoms with van der Waals surface area (Å²) in [5.74, 6) is -0.503. The molecule has 28 heavy (non-hydrogen) atoms. The summed E-state index contributed by atoms with van der Waals surface area (Å²) in [7, 11) is 0. The summed E-state index contributed by atoms with van der Waals surface area (Å²) < 4.78 is 5.25. The molecule has 138 valence electrons. The first-order valence-corrected chi connectivity index (χ1v) is 8.15. The monoisotopic (exact) mass is 375 g/mol. The highest BCUT2D eigenvalue weighted by Gasteiger charge is 2.16. The second kappa shape index (κ2) is 7.16. The quantitative estimate of drug-likeness (QED) is 0.496. The highest BCUT2D eigenvalue weighted by atomic mass is 16.5. The summed E-state index contributed by atoms with van der Waals surface area (Å²) in [6.45, 7) is 0. The molecule has 0 radical (unpaired) electrons. The van der Waals surface area contributed by atoms with Crippen LogP contribution in [0.5, 0.6) is 11.5 Å². The zero-order chi connectivity index (χ0) is 19.5. The number of hydrogen-bond acceptors (Lipinski definition) is 8. The second-order valence-electron chi connectivity index (χ2n) is 5.70. The van der Waals surface area contributed by atoms with Crippen molar-refractivity contribution in [3.63, 3.8) is 0 Å². The molecule has 9 nitrogen and oxygen atoms in total. The van der Waals surface area contributed by atoms with Crippen molar-refractivity contribution in [2.24, 2.45) is 0 Å². The molecule has 3 aromatic heterocycles. The number of pyridine rings is 2. The van der Waals surface area contributed by atoms with Crippen LogP contribution in [0.1, 0.15) is 10.5 Å². The Bertz CT molecular complexity index is 1160. The summed E-state index contributed by atoms with van der Waals surface area (Å²) in [5, 5.41) is 26.1. The van der Waals surface area contributed by atoms with Gasteiger partial charge in [0, 0.05) is 23.6 Å². The minimum atomic E-state index is -0.556. The predicted molar refractivity (Wildman–Crippen MR) is 98.5 cm³/mol. The van der Waals surface area contributed by atoms with Crippen LogP contribution in [0.4, 0.5) is 5.69 Å². The fourth-order valence-corrected chi connectivity index (χ4v) is 2.50. The Morgan fingerprint density at radius 2 is 1.75 bits per heavy atom. The van der Waals surface area contributed by atoms with E-state index in [1.165, 1.54) is 30.6 Å². The van der Waals surface area contributed by atoms with Gasteiger partial charge in [0.05, 0.1) is 0 Å². The molecule has 0 fully saturated rings. The molecule has 0 aliphatic rings. The smallest absolute Gasteiger partial charge is 0.278 e. The van der Waals surface area contributed by atoms with Gasteiger partial charge in [-0.1, -0.05) is 11.2 Å². The summed E-state index contributed by atoms with van der Waals surface area (Å²) in [6, 6.07) is 12.7. The summed E-state index contributed by atoms with van der Waals surface area (Å²) in [4.78, 5) is 24.4. The fourth-order valence-electron chi connectivity index (χ4n) is 2.50. The van der Waals surface area contributed by atoms with Crippen LogP contribution in [0, 0.1) is 0 Å². The van der Waals surface area contributed by atoms with Gasteiger partial charge in [-0.25, -0.2) is 9.97 Å². The Hall–Kier alpha value is -4.27. The number of anilines is 1. The standard InChI is InChI=1S/C19H13N5O4/c25-13-6-2-8-20-15(13)17-23-19(28-24-17)11-4-1-5-12(10-11)22-18(27)16-14(26)7-3-9-21-16/h1-10,25-26H,(H,22,27). The van der Waals surface area contributed by atoms with E-state index in [0.717, 1.165) is 0 Å². The highest BCUT2D eigenvalue weighted by molar-refractivity contribution is 6.04. The van der Waals surface area contributed by atoms with Crippen molar-refractivity contribution in [1.29, 1.82) is 0 Å². The van der Waals surface area contributed by atoms with Crippen molar-refractivity contribution in [1.82, 2.24) is 20.1 Å². The van der Waals surface area contributed by atoms with Gasteiger partial charge < -0.3 is 20.1 Å². The number of rotatable bonds is 4. The van der Waals surface area contributed by atoms with E-state index in [1.54, 1.807) is 30.3 Å². The van der Waals surface area contributed by atoms with E-state index in [4.69, 9.17) is 4.52 Å². The average molecular weight is 375 g/mol. The molecule has 0 spiro atoms. The van der Waals surface area contributed by atoms with E-state index in [9.17, 15) is 15.0 Å². The molecule has 0 aliphatic carbocycles. The Labute approximate surface area is 158 Å². The lowest BCUT2D eigenvalue weighted by Gasteiger charge is -2.06. The molecular formula is C19H13N5O4. The third kappa shape index (κ3) is 3.36. The van der Waals surface area contributed by atoms with Crippen molar-refractivity contribution in [3.05, 3.63) is 66.6 Å². The Morgan fingerprint density at radius 1 is 0.964 bits per heavy atom. The van der Waals surface area contributed by atoms with E-state index in [1.807, 2.05) is 0 Å². The van der Waals surface area contributed by atoms with E-state index < -0.39 is 5.91 Å². The van der Waals surface area contributed by atoms with Crippen molar-refractivity contribution in [2.45, 2.75) is 0 Å². The largest absolute Gasteiger partial charge is 0.506 e. The molecular weight excluding hydrogens is 362 g/mol. The van der Waals surface area contributed by atoms with Crippen LogP contribution in [-0.4, -0.2) is 36.2 Å². The molecule has 0 atom stereocenters. The first-order chi connectivity index (χ1) is 13.6. The van der Waals surface area contributed by atoms with Crippen molar-refractivity contribution >= 4 is 11.6 Å². The van der Waals surface area contributed by atoms with Gasteiger partial charge in [0.1, 0.15) is 11.5 Å². The minimum absolute atomic E-state index is 0.0639. The van der Waals surface area contributed by atoms with Gasteiger partial charge in [0.25, 0.3) is 11.8 Å². The van der Waals surface area contributed by atoms with Gasteiger partial charge >= 0.3 is 0 Å². The molecule has 4 rings (SSSR count). The summed E-state index contributed by atoms with van der Waals surface area (Å²) in [5.41, 5.74) is 1.12. The number of carbonyl (C=O) groups excluding carboxylic acids is 1. The van der Waals surface area contributed by atoms with Gasteiger partial charge in [0.2, 0.25) is 5.82 Å². The van der Waals surface area contributed by atoms with Crippen molar-refractivity contribution in [3.8, 4) is 34.5 Å². The number of nitrogens with one attached hydrogen (secondary N) is 1. The van der Waals surface area contributed by atoms with Crippen LogP contribution < -0.4 is 5.32 Å². The summed E-state index contributed by atoms with van der Waals surface area (Å²) >= 11 is 0. The maximum atomic E-state index is 12.3. The maximum absolute atomic E-state index is 12.3. The van der Waals surface area contributed by atoms with Crippen LogP contribution in [-0.2, 0) is 0 Å². The molecule has 0 saturated heterocycles. The SMILES string of the molecule is O=C(Nc1cccc(-c2nc(-c3ncccc3O)no2)c1)c1ncccc1O. The fraction of sp³-hybridized carbons (Fsp3) is 0. The molecule has 1 aromatic carbocycles. The Morgan fingerprint density at radius 3 is 2.54 bits per heavy atom. The topological polar surface area (TPSA) is 134 Å². The Kier molecular flexibility index (Phi) is 4.38. The van der Waals surface area contributed by atoms with E-state index in [2.05, 4.69) is 25.4 Å². The number of carbonyl (C=O) groups is 1. The van der Waals surface area contributed by atoms with Gasteiger partial charge in [-0.2, -0.15) is 4.98 Å². The lowest BCUT2D eigenvalue weighted by molar-refractivity contribution is 0.101. The van der Waals surface area contributed by atoms with Gasteiger partial charge in [-0.05, 0) is 42.5 Å². The first-order valence-electron chi connectivity index (χ1n) is 8.15. The molecule has 9 heteroatoms. The van der Waals surface area contributed by atoms with E-state index in [0.29, 0.717) is 11.3 Å².